The maximum Gasteiger partial charge on any atom is 0.142 e. The molecule has 7 nitrogen and oxygen atoms in total. The molecule has 2 aromatic carbocycles. The molecule has 248 valence electrons. The molecule has 0 aliphatic heterocycles. The molecule has 0 spiro atoms. The summed E-state index contributed by atoms with van der Waals surface area (Å²) in [6, 6.07) is 14.7. The Kier molecular flexibility index (Phi) is 21.9. The number of rotatable bonds is 16. The number of anilines is 1. The molecule has 0 fully saturated rings. The smallest absolute Gasteiger partial charge is 0.142 e. The van der Waals surface area contributed by atoms with Crippen molar-refractivity contribution < 1.29 is 30.7 Å². The SMILES string of the molecule is C=C(/C=C(\C)N=CC)[I-]C.CCCN(CCCl)c1ccc2c(c1)nc(CCNCc1ccc(/C=C/C=O)cc1)n2C.CCOC. The second-order valence-electron chi connectivity index (χ2n) is 9.99. The third-order valence-corrected chi connectivity index (χ3v) is 8.47. The zero-order valence-corrected chi connectivity index (χ0v) is 31.1. The fraction of sp³-hybridized carbons (Fsp3) is 0.417. The van der Waals surface area contributed by atoms with Crippen LogP contribution in [0.25, 0.3) is 17.1 Å². The number of aliphatic imine (C=N–C) groups is 1. The Labute approximate surface area is 286 Å². The van der Waals surface area contributed by atoms with Crippen LogP contribution < -0.4 is 31.4 Å². The fourth-order valence-electron chi connectivity index (χ4n) is 4.25. The average Bonchev–Trinajstić information content (AvgIpc) is 3.37. The van der Waals surface area contributed by atoms with Gasteiger partial charge in [-0.15, -0.1) is 11.6 Å². The third-order valence-electron chi connectivity index (χ3n) is 6.60. The number of carbonyl (C=O) groups is 1. The summed E-state index contributed by atoms with van der Waals surface area (Å²) in [4.78, 5) is 23.9. The number of benzene rings is 2. The Hall–Kier alpha value is -2.79. The van der Waals surface area contributed by atoms with Crippen LogP contribution in [0.1, 0.15) is 51.1 Å². The molecule has 3 aromatic rings. The number of ether oxygens (including phenoxy) is 1. The van der Waals surface area contributed by atoms with Crippen LogP contribution in [0.2, 0.25) is 0 Å². The maximum atomic E-state index is 10.4. The first-order chi connectivity index (χ1) is 21.8. The van der Waals surface area contributed by atoms with Gasteiger partial charge in [-0.1, -0.05) is 37.3 Å². The number of carbonyl (C=O) groups excluding carboxylic acids is 1. The second kappa shape index (κ2) is 24.4. The van der Waals surface area contributed by atoms with Gasteiger partial charge in [-0.25, -0.2) is 4.98 Å². The van der Waals surface area contributed by atoms with Crippen LogP contribution in [0.5, 0.6) is 0 Å². The summed E-state index contributed by atoms with van der Waals surface area (Å²) in [5, 5.41) is 3.50. The van der Waals surface area contributed by atoms with Crippen LogP contribution in [0, 0.1) is 0 Å². The van der Waals surface area contributed by atoms with Crippen molar-refractivity contribution in [2.24, 2.45) is 12.0 Å². The Morgan fingerprint density at radius 3 is 2.49 bits per heavy atom. The Bertz CT molecular complexity index is 1360. The van der Waals surface area contributed by atoms with Gasteiger partial charge in [-0.2, -0.15) is 0 Å². The number of aldehydes is 1. The standard InChI is InChI=1S/C25H31ClN4O.C8H13IN.C3H8O/c1-3-15-30(16-13-26)22-10-11-24-23(18-22)28-25(29(24)2)12-14-27-19-21-8-6-20(7-9-21)5-4-17-31;1-5-10-8(3)6-7(2)9-4;1-3-4-2/h4-11,17-18,27H,3,12-16,19H2,1-2H3;5-6H,2H2,1,3-4H3;3H2,1-2H3/q;-1;/b5-4+;8-6+,10-5?;. The van der Waals surface area contributed by atoms with E-state index >= 15 is 0 Å². The number of aryl methyl sites for hydroxylation is 1. The van der Waals surface area contributed by atoms with Gasteiger partial charge in [0.15, 0.2) is 0 Å². The molecule has 0 amide bonds. The van der Waals surface area contributed by atoms with Gasteiger partial charge in [0.25, 0.3) is 0 Å². The van der Waals surface area contributed by atoms with Crippen LogP contribution in [0.15, 0.2) is 75.5 Å². The largest absolute Gasteiger partial charge is 0.385 e. The Balaban J connectivity index is 0.000000605. The van der Waals surface area contributed by atoms with Gasteiger partial charge in [0.2, 0.25) is 0 Å². The quantitative estimate of drug-likeness (QED) is 0.0447. The van der Waals surface area contributed by atoms with Crippen molar-refractivity contribution >= 4 is 46.9 Å². The number of aromatic nitrogens is 2. The molecular formula is C36H52ClIN5O2-. The minimum atomic E-state index is 0.155. The first-order valence-corrected chi connectivity index (χ1v) is 19.1. The third kappa shape index (κ3) is 15.9. The number of imidazole rings is 1. The molecule has 3 rings (SSSR count). The Morgan fingerprint density at radius 2 is 1.91 bits per heavy atom. The van der Waals surface area contributed by atoms with Crippen molar-refractivity contribution in [1.29, 1.82) is 0 Å². The van der Waals surface area contributed by atoms with Crippen molar-refractivity contribution in [3.8, 4) is 0 Å². The summed E-state index contributed by atoms with van der Waals surface area (Å²) in [6.45, 7) is 16.3. The van der Waals surface area contributed by atoms with Crippen molar-refractivity contribution in [2.45, 2.75) is 47.1 Å². The molecule has 0 atom stereocenters. The number of methoxy groups -OCH3 is 1. The minimum absolute atomic E-state index is 0.155. The van der Waals surface area contributed by atoms with Crippen LogP contribution in [-0.4, -0.2) is 66.2 Å². The van der Waals surface area contributed by atoms with Gasteiger partial charge in [0.05, 0.1) is 11.0 Å². The molecule has 1 heterocycles. The second-order valence-corrected chi connectivity index (χ2v) is 12.8. The van der Waals surface area contributed by atoms with Crippen molar-refractivity contribution in [3.63, 3.8) is 0 Å². The summed E-state index contributed by atoms with van der Waals surface area (Å²) in [5.74, 6) is 1.70. The molecule has 0 aliphatic rings. The normalized spacial score (nSPS) is 11.4. The first kappa shape index (κ1) is 40.2. The number of nitrogens with one attached hydrogen (secondary N) is 1. The molecular weight excluding hydrogens is 697 g/mol. The first-order valence-electron chi connectivity index (χ1n) is 15.3. The van der Waals surface area contributed by atoms with Gasteiger partial charge in [0.1, 0.15) is 12.1 Å². The number of allylic oxidation sites excluding steroid dienone is 4. The van der Waals surface area contributed by atoms with E-state index in [0.29, 0.717) is 5.88 Å². The zero-order chi connectivity index (χ0) is 33.5. The van der Waals surface area contributed by atoms with Gasteiger partial charge in [0, 0.05) is 64.9 Å². The van der Waals surface area contributed by atoms with E-state index in [1.165, 1.54) is 20.9 Å². The van der Waals surface area contributed by atoms with E-state index in [1.807, 2.05) is 39.0 Å². The molecule has 0 unspecified atom stereocenters. The van der Waals surface area contributed by atoms with Gasteiger partial charge < -0.3 is 19.5 Å². The van der Waals surface area contributed by atoms with Crippen molar-refractivity contribution in [3.05, 3.63) is 87.4 Å². The summed E-state index contributed by atoms with van der Waals surface area (Å²) in [5.41, 5.74) is 6.66. The molecule has 0 saturated carbocycles. The molecule has 1 aromatic heterocycles. The number of nitrogens with zero attached hydrogens (tertiary/aromatic N) is 4. The van der Waals surface area contributed by atoms with Gasteiger partial charge in [-0.05, 0) is 48.7 Å². The molecule has 1 N–H and O–H groups in total. The number of hydrogen-bond acceptors (Lipinski definition) is 6. The van der Waals surface area contributed by atoms with Gasteiger partial charge in [-0.3, -0.25) is 4.79 Å². The van der Waals surface area contributed by atoms with E-state index in [0.717, 1.165) is 80.0 Å². The van der Waals surface area contributed by atoms with Crippen LogP contribution in [-0.2, 0) is 29.5 Å². The molecule has 0 aliphatic carbocycles. The topological polar surface area (TPSA) is 71.8 Å². The van der Waals surface area contributed by atoms with E-state index in [9.17, 15) is 4.79 Å². The summed E-state index contributed by atoms with van der Waals surface area (Å²) in [7, 11) is 3.76. The zero-order valence-electron chi connectivity index (χ0n) is 28.2. The van der Waals surface area contributed by atoms with E-state index in [2.05, 4.69) is 80.3 Å². The summed E-state index contributed by atoms with van der Waals surface area (Å²) >= 11 is 6.14. The molecule has 9 heteroatoms. The maximum absolute atomic E-state index is 10.4. The average molecular weight is 749 g/mol. The molecule has 0 saturated heterocycles. The van der Waals surface area contributed by atoms with Crippen LogP contribution in [0.3, 0.4) is 0 Å². The monoisotopic (exact) mass is 748 g/mol. The Morgan fingerprint density at radius 1 is 1.20 bits per heavy atom. The predicted octanol–water partition coefficient (Wildman–Crippen LogP) is 4.44. The fourth-order valence-corrected chi connectivity index (χ4v) is 5.22. The van der Waals surface area contributed by atoms with Crippen molar-refractivity contribution in [1.82, 2.24) is 14.9 Å². The van der Waals surface area contributed by atoms with E-state index in [1.54, 1.807) is 19.4 Å². The molecule has 45 heavy (non-hydrogen) atoms. The number of fused-ring (bicyclic) bond motifs is 1. The number of hydrogen-bond donors (Lipinski definition) is 1. The number of halogens is 2. The van der Waals surface area contributed by atoms with E-state index in [4.69, 9.17) is 16.6 Å². The van der Waals surface area contributed by atoms with E-state index in [-0.39, 0.29) is 21.2 Å². The summed E-state index contributed by atoms with van der Waals surface area (Å²) < 4.78 is 7.96. The molecule has 0 bridgehead atoms. The minimum Gasteiger partial charge on any atom is -0.385 e. The molecule has 0 radical (unpaired) electrons. The predicted molar refractivity (Wildman–Crippen MR) is 191 cm³/mol. The number of alkyl halides is 2. The van der Waals surface area contributed by atoms with Crippen molar-refractivity contribution in [2.75, 3.05) is 49.1 Å². The van der Waals surface area contributed by atoms with Gasteiger partial charge >= 0.3 is 73.1 Å². The van der Waals surface area contributed by atoms with Crippen LogP contribution >= 0.6 is 11.6 Å². The summed E-state index contributed by atoms with van der Waals surface area (Å²) in [6.07, 6.45) is 9.90. The van der Waals surface area contributed by atoms with Crippen LogP contribution in [0.4, 0.5) is 5.69 Å². The van der Waals surface area contributed by atoms with E-state index < -0.39 is 0 Å².